The number of carbonyl (C=O) groups excluding carboxylic acids is 1. The Labute approximate surface area is 120 Å². The van der Waals surface area contributed by atoms with Crippen molar-refractivity contribution < 1.29 is 4.79 Å². The zero-order chi connectivity index (χ0) is 13.1. The summed E-state index contributed by atoms with van der Waals surface area (Å²) in [5, 5.41) is 2.81. The van der Waals surface area contributed by atoms with Crippen LogP contribution < -0.4 is 5.32 Å². The van der Waals surface area contributed by atoms with Crippen molar-refractivity contribution >= 4 is 34.3 Å². The predicted molar refractivity (Wildman–Crippen MR) is 80.8 cm³/mol. The molecular formula is C14H13IN2O. The second kappa shape index (κ2) is 5.48. The lowest BCUT2D eigenvalue weighted by molar-refractivity contribution is 0.102. The van der Waals surface area contributed by atoms with Gasteiger partial charge in [-0.1, -0.05) is 18.2 Å². The minimum absolute atomic E-state index is 0.112. The number of halogens is 1. The molecule has 2 aromatic rings. The topological polar surface area (TPSA) is 42.0 Å². The Morgan fingerprint density at radius 1 is 1.17 bits per heavy atom. The number of hydrogen-bond acceptors (Lipinski definition) is 2. The minimum Gasteiger partial charge on any atom is -0.307 e. The number of carbonyl (C=O) groups is 1. The molecule has 92 valence electrons. The molecule has 0 fully saturated rings. The summed E-state index contributed by atoms with van der Waals surface area (Å²) in [5.41, 5.74) is 2.66. The molecule has 1 heterocycles. The molecule has 1 amide bonds. The SMILES string of the molecule is Cc1cccc(C)c1C(=O)Nc1ccc(I)cn1. The van der Waals surface area contributed by atoms with Crippen LogP contribution in [0.2, 0.25) is 0 Å². The van der Waals surface area contributed by atoms with Gasteiger partial charge >= 0.3 is 0 Å². The van der Waals surface area contributed by atoms with E-state index in [2.05, 4.69) is 32.9 Å². The molecule has 0 saturated heterocycles. The van der Waals surface area contributed by atoms with Gasteiger partial charge in [0.2, 0.25) is 0 Å². The standard InChI is InChI=1S/C14H13IN2O/c1-9-4-3-5-10(2)13(9)14(18)17-12-7-6-11(15)8-16-12/h3-8H,1-2H3,(H,16,17,18). The summed E-state index contributed by atoms with van der Waals surface area (Å²) in [6, 6.07) is 9.53. The van der Waals surface area contributed by atoms with E-state index in [9.17, 15) is 4.79 Å². The van der Waals surface area contributed by atoms with E-state index in [1.165, 1.54) is 0 Å². The fraction of sp³-hybridized carbons (Fsp3) is 0.143. The average Bonchev–Trinajstić information content (AvgIpc) is 2.32. The Morgan fingerprint density at radius 3 is 2.39 bits per heavy atom. The van der Waals surface area contributed by atoms with Gasteiger partial charge in [-0.25, -0.2) is 4.98 Å². The van der Waals surface area contributed by atoms with E-state index >= 15 is 0 Å². The van der Waals surface area contributed by atoms with Crippen LogP contribution in [0.5, 0.6) is 0 Å². The maximum atomic E-state index is 12.2. The van der Waals surface area contributed by atoms with E-state index in [-0.39, 0.29) is 5.91 Å². The van der Waals surface area contributed by atoms with Crippen LogP contribution in [0.3, 0.4) is 0 Å². The van der Waals surface area contributed by atoms with Crippen molar-refractivity contribution in [1.29, 1.82) is 0 Å². The van der Waals surface area contributed by atoms with Crippen molar-refractivity contribution in [2.45, 2.75) is 13.8 Å². The molecule has 0 radical (unpaired) electrons. The number of aryl methyl sites for hydroxylation is 2. The van der Waals surface area contributed by atoms with Crippen LogP contribution in [0.1, 0.15) is 21.5 Å². The summed E-state index contributed by atoms with van der Waals surface area (Å²) in [6.45, 7) is 3.87. The molecule has 2 rings (SSSR count). The molecule has 0 bridgehead atoms. The van der Waals surface area contributed by atoms with E-state index in [0.29, 0.717) is 5.82 Å². The zero-order valence-electron chi connectivity index (χ0n) is 10.2. The molecule has 0 spiro atoms. The highest BCUT2D eigenvalue weighted by Crippen LogP contribution is 2.15. The first-order valence-electron chi connectivity index (χ1n) is 5.57. The molecule has 1 aromatic carbocycles. The van der Waals surface area contributed by atoms with Gasteiger partial charge in [-0.2, -0.15) is 0 Å². The lowest BCUT2D eigenvalue weighted by Crippen LogP contribution is -2.15. The number of pyridine rings is 1. The molecule has 3 nitrogen and oxygen atoms in total. The van der Waals surface area contributed by atoms with Crippen LogP contribution in [0, 0.1) is 17.4 Å². The Morgan fingerprint density at radius 2 is 1.83 bits per heavy atom. The normalized spacial score (nSPS) is 10.2. The van der Waals surface area contributed by atoms with Crippen LogP contribution in [0.25, 0.3) is 0 Å². The highest BCUT2D eigenvalue weighted by atomic mass is 127. The molecule has 18 heavy (non-hydrogen) atoms. The van der Waals surface area contributed by atoms with Gasteiger partial charge in [0.15, 0.2) is 0 Å². The van der Waals surface area contributed by atoms with E-state index in [1.807, 2.05) is 38.1 Å². The third kappa shape index (κ3) is 2.87. The molecule has 0 unspecified atom stereocenters. The lowest BCUT2D eigenvalue weighted by atomic mass is 10.0. The number of anilines is 1. The van der Waals surface area contributed by atoms with Gasteiger partial charge in [0.25, 0.3) is 5.91 Å². The van der Waals surface area contributed by atoms with Gasteiger partial charge in [0.1, 0.15) is 5.82 Å². The fourth-order valence-corrected chi connectivity index (χ4v) is 2.12. The fourth-order valence-electron chi connectivity index (χ4n) is 1.80. The van der Waals surface area contributed by atoms with Crippen molar-refractivity contribution in [3.05, 3.63) is 56.8 Å². The molecule has 4 heteroatoms. The summed E-state index contributed by atoms with van der Waals surface area (Å²) in [7, 11) is 0. The largest absolute Gasteiger partial charge is 0.307 e. The van der Waals surface area contributed by atoms with Gasteiger partial charge in [-0.3, -0.25) is 4.79 Å². The molecule has 0 saturated carbocycles. The van der Waals surface area contributed by atoms with Gasteiger partial charge < -0.3 is 5.32 Å². The molecule has 0 aliphatic carbocycles. The van der Waals surface area contributed by atoms with Crippen LogP contribution in [0.4, 0.5) is 5.82 Å². The average molecular weight is 352 g/mol. The van der Waals surface area contributed by atoms with Gasteiger partial charge in [-0.05, 0) is 59.7 Å². The number of amides is 1. The number of rotatable bonds is 2. The van der Waals surface area contributed by atoms with Crippen molar-refractivity contribution in [3.63, 3.8) is 0 Å². The molecule has 1 aromatic heterocycles. The first-order valence-corrected chi connectivity index (χ1v) is 6.65. The Bertz CT molecular complexity index is 559. The Hall–Kier alpha value is -1.43. The molecule has 0 atom stereocenters. The van der Waals surface area contributed by atoms with Gasteiger partial charge in [0, 0.05) is 15.3 Å². The third-order valence-electron chi connectivity index (χ3n) is 2.68. The van der Waals surface area contributed by atoms with Crippen LogP contribution in [-0.4, -0.2) is 10.9 Å². The summed E-state index contributed by atoms with van der Waals surface area (Å²) in [4.78, 5) is 16.4. The van der Waals surface area contributed by atoms with Gasteiger partial charge in [-0.15, -0.1) is 0 Å². The van der Waals surface area contributed by atoms with Crippen molar-refractivity contribution in [2.75, 3.05) is 5.32 Å². The van der Waals surface area contributed by atoms with Crippen molar-refractivity contribution in [1.82, 2.24) is 4.98 Å². The number of benzene rings is 1. The second-order valence-corrected chi connectivity index (χ2v) is 5.33. The van der Waals surface area contributed by atoms with E-state index < -0.39 is 0 Å². The third-order valence-corrected chi connectivity index (χ3v) is 3.32. The Kier molecular flexibility index (Phi) is 3.96. The monoisotopic (exact) mass is 352 g/mol. The van der Waals surface area contributed by atoms with E-state index in [1.54, 1.807) is 12.3 Å². The molecule has 0 aliphatic rings. The summed E-state index contributed by atoms with van der Waals surface area (Å²) >= 11 is 2.18. The Balaban J connectivity index is 2.25. The molecule has 0 aliphatic heterocycles. The zero-order valence-corrected chi connectivity index (χ0v) is 12.4. The van der Waals surface area contributed by atoms with E-state index in [0.717, 1.165) is 20.3 Å². The van der Waals surface area contributed by atoms with E-state index in [4.69, 9.17) is 0 Å². The number of nitrogens with one attached hydrogen (secondary N) is 1. The summed E-state index contributed by atoms with van der Waals surface area (Å²) in [6.07, 6.45) is 1.72. The maximum absolute atomic E-state index is 12.2. The van der Waals surface area contributed by atoms with Crippen LogP contribution in [0.15, 0.2) is 36.5 Å². The molecule has 1 N–H and O–H groups in total. The lowest BCUT2D eigenvalue weighted by Gasteiger charge is -2.09. The van der Waals surface area contributed by atoms with Gasteiger partial charge in [0.05, 0.1) is 0 Å². The van der Waals surface area contributed by atoms with Crippen molar-refractivity contribution in [3.8, 4) is 0 Å². The summed E-state index contributed by atoms with van der Waals surface area (Å²) < 4.78 is 1.04. The molecular weight excluding hydrogens is 339 g/mol. The predicted octanol–water partition coefficient (Wildman–Crippen LogP) is 3.56. The second-order valence-electron chi connectivity index (χ2n) is 4.08. The summed E-state index contributed by atoms with van der Waals surface area (Å²) in [5.74, 6) is 0.461. The van der Waals surface area contributed by atoms with Crippen LogP contribution >= 0.6 is 22.6 Å². The maximum Gasteiger partial charge on any atom is 0.257 e. The minimum atomic E-state index is -0.112. The van der Waals surface area contributed by atoms with Crippen molar-refractivity contribution in [2.24, 2.45) is 0 Å². The number of nitrogens with zero attached hydrogens (tertiary/aromatic N) is 1. The highest BCUT2D eigenvalue weighted by Gasteiger charge is 2.12. The smallest absolute Gasteiger partial charge is 0.257 e. The number of hydrogen-bond donors (Lipinski definition) is 1. The highest BCUT2D eigenvalue weighted by molar-refractivity contribution is 14.1. The first-order chi connectivity index (χ1) is 8.58. The first kappa shape index (κ1) is 13.0. The van der Waals surface area contributed by atoms with Crippen LogP contribution in [-0.2, 0) is 0 Å². The number of aromatic nitrogens is 1. The quantitative estimate of drug-likeness (QED) is 0.840.